The summed E-state index contributed by atoms with van der Waals surface area (Å²) in [4.78, 5) is 4.25. The second-order valence-electron chi connectivity index (χ2n) is 4.55. The van der Waals surface area contributed by atoms with Gasteiger partial charge in [-0.3, -0.25) is 0 Å². The van der Waals surface area contributed by atoms with E-state index in [1.54, 1.807) is 30.3 Å². The number of nitrogens with one attached hydrogen (secondary N) is 1. The third-order valence-electron chi connectivity index (χ3n) is 2.80. The van der Waals surface area contributed by atoms with Gasteiger partial charge in [0.15, 0.2) is 0 Å². The predicted octanol–water partition coefficient (Wildman–Crippen LogP) is 4.23. The maximum atomic E-state index is 12.7. The molecule has 2 nitrogen and oxygen atoms in total. The molecule has 0 saturated heterocycles. The van der Waals surface area contributed by atoms with E-state index in [1.165, 1.54) is 11.3 Å². The lowest BCUT2D eigenvalue weighted by Crippen LogP contribution is -2.26. The zero-order chi connectivity index (χ0) is 14.6. The van der Waals surface area contributed by atoms with Gasteiger partial charge >= 0.3 is 6.18 Å². The quantitative estimate of drug-likeness (QED) is 0.893. The topological polar surface area (TPSA) is 24.9 Å². The molecule has 1 N–H and O–H groups in total. The Labute approximate surface area is 119 Å². The summed E-state index contributed by atoms with van der Waals surface area (Å²) in [6.07, 6.45) is -5.09. The highest BCUT2D eigenvalue weighted by atomic mass is 32.1. The third-order valence-corrected chi connectivity index (χ3v) is 3.77. The van der Waals surface area contributed by atoms with Crippen molar-refractivity contribution < 1.29 is 13.2 Å². The molecule has 108 valence electrons. The average molecular weight is 300 g/mol. The fourth-order valence-electron chi connectivity index (χ4n) is 1.92. The minimum atomic E-state index is -4.20. The summed E-state index contributed by atoms with van der Waals surface area (Å²) in [5.74, 6) is 0. The number of thiazole rings is 1. The van der Waals surface area contributed by atoms with Gasteiger partial charge in [0, 0.05) is 23.7 Å². The first-order valence-corrected chi connectivity index (χ1v) is 7.08. The molecule has 0 fully saturated rings. The van der Waals surface area contributed by atoms with Crippen LogP contribution in [0.3, 0.4) is 0 Å². The maximum absolute atomic E-state index is 12.7. The summed E-state index contributed by atoms with van der Waals surface area (Å²) in [6.45, 7) is 2.21. The van der Waals surface area contributed by atoms with E-state index >= 15 is 0 Å². The summed E-state index contributed by atoms with van der Waals surface area (Å²) in [6, 6.07) is 7.94. The van der Waals surface area contributed by atoms with Crippen LogP contribution in [0.1, 0.15) is 28.7 Å². The molecular weight excluding hydrogens is 285 g/mol. The SMILES string of the molecule is Cc1csc(CNC(CC(F)(F)F)c2ccccc2)n1. The van der Waals surface area contributed by atoms with E-state index in [9.17, 15) is 13.2 Å². The number of alkyl halides is 3. The summed E-state index contributed by atoms with van der Waals surface area (Å²) in [5, 5.41) is 5.63. The smallest absolute Gasteiger partial charge is 0.303 e. The Morgan fingerprint density at radius 1 is 1.25 bits per heavy atom. The normalized spacial score (nSPS) is 13.4. The first-order valence-electron chi connectivity index (χ1n) is 6.20. The Morgan fingerprint density at radius 3 is 2.50 bits per heavy atom. The molecular formula is C14H15F3N2S. The van der Waals surface area contributed by atoms with Crippen molar-refractivity contribution in [1.82, 2.24) is 10.3 Å². The Morgan fingerprint density at radius 2 is 1.95 bits per heavy atom. The van der Waals surface area contributed by atoms with Crippen LogP contribution in [0.25, 0.3) is 0 Å². The molecule has 0 spiro atoms. The molecule has 0 amide bonds. The zero-order valence-electron chi connectivity index (χ0n) is 10.9. The lowest BCUT2D eigenvalue weighted by Gasteiger charge is -2.20. The number of nitrogens with zero attached hydrogens (tertiary/aromatic N) is 1. The van der Waals surface area contributed by atoms with Crippen LogP contribution in [0.5, 0.6) is 0 Å². The maximum Gasteiger partial charge on any atom is 0.390 e. The van der Waals surface area contributed by atoms with Crippen LogP contribution in [0, 0.1) is 6.92 Å². The molecule has 0 bridgehead atoms. The van der Waals surface area contributed by atoms with Crippen LogP contribution in [0.2, 0.25) is 0 Å². The predicted molar refractivity (Wildman–Crippen MR) is 73.5 cm³/mol. The second kappa shape index (κ2) is 6.37. The Bertz CT molecular complexity index is 537. The molecule has 0 aliphatic rings. The summed E-state index contributed by atoms with van der Waals surface area (Å²) < 4.78 is 38.0. The minimum absolute atomic E-state index is 0.341. The van der Waals surface area contributed by atoms with E-state index in [2.05, 4.69) is 10.3 Å². The number of hydrogen-bond donors (Lipinski definition) is 1. The average Bonchev–Trinajstić information content (AvgIpc) is 2.80. The summed E-state index contributed by atoms with van der Waals surface area (Å²) in [5.41, 5.74) is 1.52. The molecule has 0 radical (unpaired) electrons. The van der Waals surface area contributed by atoms with Gasteiger partial charge in [-0.25, -0.2) is 4.98 Å². The van der Waals surface area contributed by atoms with Gasteiger partial charge in [0.2, 0.25) is 0 Å². The first-order chi connectivity index (χ1) is 9.44. The Balaban J connectivity index is 2.07. The molecule has 20 heavy (non-hydrogen) atoms. The van der Waals surface area contributed by atoms with E-state index in [4.69, 9.17) is 0 Å². The summed E-state index contributed by atoms with van der Waals surface area (Å²) in [7, 11) is 0. The standard InChI is InChI=1S/C14H15F3N2S/c1-10-9-20-13(19-10)8-18-12(7-14(15,16)17)11-5-3-2-4-6-11/h2-6,9,12,18H,7-8H2,1H3. The van der Waals surface area contributed by atoms with E-state index in [-0.39, 0.29) is 0 Å². The van der Waals surface area contributed by atoms with E-state index in [0.717, 1.165) is 10.7 Å². The zero-order valence-corrected chi connectivity index (χ0v) is 11.8. The molecule has 6 heteroatoms. The van der Waals surface area contributed by atoms with Gasteiger partial charge in [-0.2, -0.15) is 13.2 Å². The molecule has 2 aromatic rings. The molecule has 1 heterocycles. The fourth-order valence-corrected chi connectivity index (χ4v) is 2.64. The van der Waals surface area contributed by atoms with Crippen molar-refractivity contribution in [2.75, 3.05) is 0 Å². The van der Waals surface area contributed by atoms with Gasteiger partial charge in [-0.05, 0) is 12.5 Å². The van der Waals surface area contributed by atoms with Crippen molar-refractivity contribution in [3.63, 3.8) is 0 Å². The highest BCUT2D eigenvalue weighted by Crippen LogP contribution is 2.29. The van der Waals surface area contributed by atoms with Crippen LogP contribution in [0.4, 0.5) is 13.2 Å². The number of aryl methyl sites for hydroxylation is 1. The Kier molecular flexibility index (Phi) is 4.77. The van der Waals surface area contributed by atoms with Gasteiger partial charge in [0.1, 0.15) is 5.01 Å². The van der Waals surface area contributed by atoms with Gasteiger partial charge < -0.3 is 5.32 Å². The van der Waals surface area contributed by atoms with Gasteiger partial charge in [0.05, 0.1) is 6.42 Å². The van der Waals surface area contributed by atoms with Crippen LogP contribution in [-0.4, -0.2) is 11.2 Å². The monoisotopic (exact) mass is 300 g/mol. The minimum Gasteiger partial charge on any atom is -0.303 e. The van der Waals surface area contributed by atoms with Crippen LogP contribution >= 0.6 is 11.3 Å². The molecule has 0 aliphatic carbocycles. The molecule has 1 aromatic carbocycles. The van der Waals surface area contributed by atoms with Gasteiger partial charge in [-0.1, -0.05) is 30.3 Å². The largest absolute Gasteiger partial charge is 0.390 e. The number of halogens is 3. The number of aromatic nitrogens is 1. The van der Waals surface area contributed by atoms with Crippen LogP contribution in [-0.2, 0) is 6.54 Å². The molecule has 1 unspecified atom stereocenters. The van der Waals surface area contributed by atoms with E-state index < -0.39 is 18.6 Å². The lowest BCUT2D eigenvalue weighted by molar-refractivity contribution is -0.140. The van der Waals surface area contributed by atoms with E-state index in [0.29, 0.717) is 12.1 Å². The summed E-state index contributed by atoms with van der Waals surface area (Å²) >= 11 is 1.45. The van der Waals surface area contributed by atoms with E-state index in [1.807, 2.05) is 12.3 Å². The molecule has 0 aliphatic heterocycles. The highest BCUT2D eigenvalue weighted by molar-refractivity contribution is 7.09. The number of hydrogen-bond acceptors (Lipinski definition) is 3. The van der Waals surface area contributed by atoms with Crippen molar-refractivity contribution >= 4 is 11.3 Å². The van der Waals surface area contributed by atoms with Crippen LogP contribution in [0.15, 0.2) is 35.7 Å². The third kappa shape index (κ3) is 4.61. The molecule has 0 saturated carbocycles. The lowest BCUT2D eigenvalue weighted by atomic mass is 10.0. The Hall–Kier alpha value is -1.40. The molecule has 2 rings (SSSR count). The van der Waals surface area contributed by atoms with Crippen molar-refractivity contribution in [3.8, 4) is 0 Å². The number of rotatable bonds is 5. The molecule has 1 atom stereocenters. The first kappa shape index (κ1) is 15.0. The number of benzene rings is 1. The van der Waals surface area contributed by atoms with Crippen LogP contribution < -0.4 is 5.32 Å². The molecule has 1 aromatic heterocycles. The van der Waals surface area contributed by atoms with Crippen molar-refractivity contribution in [3.05, 3.63) is 52.0 Å². The fraction of sp³-hybridized carbons (Fsp3) is 0.357. The van der Waals surface area contributed by atoms with Gasteiger partial charge in [0.25, 0.3) is 0 Å². The van der Waals surface area contributed by atoms with Crippen molar-refractivity contribution in [2.24, 2.45) is 0 Å². The highest BCUT2D eigenvalue weighted by Gasteiger charge is 2.32. The second-order valence-corrected chi connectivity index (χ2v) is 5.49. The van der Waals surface area contributed by atoms with Crippen molar-refractivity contribution in [1.29, 1.82) is 0 Å². The van der Waals surface area contributed by atoms with Gasteiger partial charge in [-0.15, -0.1) is 11.3 Å². The van der Waals surface area contributed by atoms with Crippen molar-refractivity contribution in [2.45, 2.75) is 32.1 Å².